The van der Waals surface area contributed by atoms with E-state index in [1.807, 2.05) is 29.6 Å². The van der Waals surface area contributed by atoms with E-state index in [1.54, 1.807) is 18.3 Å². The summed E-state index contributed by atoms with van der Waals surface area (Å²) in [7, 11) is -3.83. The first kappa shape index (κ1) is 24.2. The minimum absolute atomic E-state index is 0.230. The number of rotatable bonds is 5. The number of nitrogens with two attached hydrogens (primary N) is 1. The number of pyridine rings is 1. The number of thiophene rings is 1. The summed E-state index contributed by atoms with van der Waals surface area (Å²) in [6, 6.07) is 11.0. The van der Waals surface area contributed by atoms with E-state index in [0.29, 0.717) is 81.1 Å². The summed E-state index contributed by atoms with van der Waals surface area (Å²) in [6.45, 7) is 3.97. The third-order valence-corrected chi connectivity index (χ3v) is 9.38. The Morgan fingerprint density at radius 2 is 1.68 bits per heavy atom. The number of hydrogen-bond donors (Lipinski definition) is 1. The van der Waals surface area contributed by atoms with Crippen LogP contribution in [0.3, 0.4) is 0 Å². The van der Waals surface area contributed by atoms with Crippen molar-refractivity contribution in [3.8, 4) is 22.6 Å². The van der Waals surface area contributed by atoms with E-state index in [2.05, 4.69) is 9.88 Å². The van der Waals surface area contributed by atoms with Crippen LogP contribution in [0.2, 0.25) is 0 Å². The van der Waals surface area contributed by atoms with E-state index in [4.69, 9.17) is 25.2 Å². The van der Waals surface area contributed by atoms with Crippen LogP contribution in [0.25, 0.3) is 32.9 Å². The molecule has 5 heterocycles. The summed E-state index contributed by atoms with van der Waals surface area (Å²) in [6.07, 6.45) is 1.62. The number of ether oxygens (including phenoxy) is 2. The zero-order chi connectivity index (χ0) is 25.4. The molecule has 12 heteroatoms. The number of nitrogen functional groups attached to an aromatic ring is 1. The second-order valence-corrected chi connectivity index (χ2v) is 11.6. The van der Waals surface area contributed by atoms with Crippen LogP contribution in [0.4, 0.5) is 11.5 Å². The molecule has 2 N–H and O–H groups in total. The standard InChI is InChI=1S/C25H26N6O4S2/c26-22-4-1-17(16-27-22)25-28-20-5-14-36-24(20)23(29-25)19-3-2-18(30-6-10-34-11-7-30)15-21(19)37(32,33)31-8-12-35-13-9-31/h1-5,14-16H,6-13H2,(H2,26,27). The van der Waals surface area contributed by atoms with Crippen molar-refractivity contribution in [2.75, 3.05) is 63.2 Å². The molecule has 0 bridgehead atoms. The summed E-state index contributed by atoms with van der Waals surface area (Å²) in [5, 5.41) is 1.94. The second kappa shape index (κ2) is 9.95. The van der Waals surface area contributed by atoms with Gasteiger partial charge in [0.25, 0.3) is 0 Å². The zero-order valence-electron chi connectivity index (χ0n) is 20.0. The number of sulfonamides is 1. The molecule has 192 valence electrons. The highest BCUT2D eigenvalue weighted by molar-refractivity contribution is 7.89. The first-order valence-corrected chi connectivity index (χ1v) is 14.3. The first-order chi connectivity index (χ1) is 18.0. The molecule has 3 aromatic heterocycles. The number of morpholine rings is 2. The van der Waals surface area contributed by atoms with Crippen molar-refractivity contribution in [3.63, 3.8) is 0 Å². The van der Waals surface area contributed by atoms with E-state index in [-0.39, 0.29) is 4.90 Å². The second-order valence-electron chi connectivity index (χ2n) is 8.80. The summed E-state index contributed by atoms with van der Waals surface area (Å²) >= 11 is 1.49. The van der Waals surface area contributed by atoms with Crippen molar-refractivity contribution in [3.05, 3.63) is 48.0 Å². The molecule has 0 unspecified atom stereocenters. The molecule has 37 heavy (non-hydrogen) atoms. The van der Waals surface area contributed by atoms with Gasteiger partial charge in [-0.2, -0.15) is 4.31 Å². The predicted octanol–water partition coefficient (Wildman–Crippen LogP) is 2.86. The minimum Gasteiger partial charge on any atom is -0.384 e. The van der Waals surface area contributed by atoms with Gasteiger partial charge in [-0.15, -0.1) is 11.3 Å². The molecule has 0 atom stereocenters. The fraction of sp³-hybridized carbons (Fsp3) is 0.320. The quantitative estimate of drug-likeness (QED) is 0.408. The predicted molar refractivity (Wildman–Crippen MR) is 143 cm³/mol. The van der Waals surface area contributed by atoms with Crippen molar-refractivity contribution in [2.24, 2.45) is 0 Å². The molecule has 0 aliphatic carbocycles. The monoisotopic (exact) mass is 538 g/mol. The molecule has 2 aliphatic rings. The number of hydrogen-bond acceptors (Lipinski definition) is 10. The summed E-state index contributed by atoms with van der Waals surface area (Å²) in [4.78, 5) is 16.2. The fourth-order valence-electron chi connectivity index (χ4n) is 4.58. The molecule has 6 rings (SSSR count). The van der Waals surface area contributed by atoms with Gasteiger partial charge in [-0.25, -0.2) is 23.4 Å². The highest BCUT2D eigenvalue weighted by atomic mass is 32.2. The molecule has 10 nitrogen and oxygen atoms in total. The Morgan fingerprint density at radius 1 is 0.919 bits per heavy atom. The summed E-state index contributed by atoms with van der Waals surface area (Å²) in [5.41, 5.74) is 9.18. The Labute approximate surface area is 218 Å². The van der Waals surface area contributed by atoms with Crippen LogP contribution >= 0.6 is 11.3 Å². The maximum absolute atomic E-state index is 14.0. The molecule has 0 spiro atoms. The summed E-state index contributed by atoms with van der Waals surface area (Å²) in [5.74, 6) is 0.860. The van der Waals surface area contributed by atoms with E-state index >= 15 is 0 Å². The topological polar surface area (TPSA) is 124 Å². The Morgan fingerprint density at radius 3 is 2.41 bits per heavy atom. The molecule has 0 amide bonds. The van der Waals surface area contributed by atoms with Gasteiger partial charge in [0.05, 0.1) is 47.2 Å². The van der Waals surface area contributed by atoms with Crippen LogP contribution in [0.5, 0.6) is 0 Å². The Balaban J connectivity index is 1.54. The molecule has 0 saturated carbocycles. The minimum atomic E-state index is -3.83. The van der Waals surface area contributed by atoms with Crippen molar-refractivity contribution < 1.29 is 17.9 Å². The van der Waals surface area contributed by atoms with Gasteiger partial charge in [-0.1, -0.05) is 0 Å². The highest BCUT2D eigenvalue weighted by Gasteiger charge is 2.31. The number of benzene rings is 1. The molecule has 1 aromatic carbocycles. The van der Waals surface area contributed by atoms with E-state index in [9.17, 15) is 8.42 Å². The zero-order valence-corrected chi connectivity index (χ0v) is 21.7. The van der Waals surface area contributed by atoms with E-state index in [0.717, 1.165) is 15.9 Å². The van der Waals surface area contributed by atoms with Crippen LogP contribution in [-0.2, 0) is 19.5 Å². The third kappa shape index (κ3) is 4.66. The largest absolute Gasteiger partial charge is 0.384 e. The number of nitrogens with zero attached hydrogens (tertiary/aromatic N) is 5. The molecule has 0 radical (unpaired) electrons. The lowest BCUT2D eigenvalue weighted by molar-refractivity contribution is 0.0730. The van der Waals surface area contributed by atoms with Gasteiger partial charge in [-0.05, 0) is 41.8 Å². The third-order valence-electron chi connectivity index (χ3n) is 6.53. The van der Waals surface area contributed by atoms with Gasteiger partial charge in [0.2, 0.25) is 10.0 Å². The number of fused-ring (bicyclic) bond motifs is 1. The normalized spacial score (nSPS) is 17.4. The van der Waals surface area contributed by atoms with Crippen LogP contribution in [0.1, 0.15) is 0 Å². The van der Waals surface area contributed by atoms with Gasteiger partial charge >= 0.3 is 0 Å². The molecule has 2 fully saturated rings. The molecule has 2 saturated heterocycles. The Kier molecular flexibility index (Phi) is 6.51. The van der Waals surface area contributed by atoms with Crippen LogP contribution in [-0.4, -0.2) is 80.3 Å². The van der Waals surface area contributed by atoms with Gasteiger partial charge in [0, 0.05) is 49.2 Å². The Bertz CT molecular complexity index is 1530. The Hall–Kier alpha value is -3.16. The average molecular weight is 539 g/mol. The van der Waals surface area contributed by atoms with Crippen molar-refractivity contribution in [1.29, 1.82) is 0 Å². The van der Waals surface area contributed by atoms with Gasteiger partial charge in [-0.3, -0.25) is 0 Å². The maximum atomic E-state index is 14.0. The lowest BCUT2D eigenvalue weighted by atomic mass is 10.1. The molecule has 2 aliphatic heterocycles. The van der Waals surface area contributed by atoms with Crippen molar-refractivity contribution in [2.45, 2.75) is 4.90 Å². The molecular formula is C25H26N6O4S2. The lowest BCUT2D eigenvalue weighted by Crippen LogP contribution is -2.41. The van der Waals surface area contributed by atoms with Gasteiger partial charge < -0.3 is 20.1 Å². The maximum Gasteiger partial charge on any atom is 0.243 e. The molecular weight excluding hydrogens is 512 g/mol. The first-order valence-electron chi connectivity index (χ1n) is 12.0. The lowest BCUT2D eigenvalue weighted by Gasteiger charge is -2.31. The van der Waals surface area contributed by atoms with Gasteiger partial charge in [0.1, 0.15) is 5.82 Å². The average Bonchev–Trinajstić information content (AvgIpc) is 3.43. The number of aromatic nitrogens is 3. The van der Waals surface area contributed by atoms with Gasteiger partial charge in [0.15, 0.2) is 5.82 Å². The smallest absolute Gasteiger partial charge is 0.243 e. The van der Waals surface area contributed by atoms with Crippen LogP contribution in [0.15, 0.2) is 52.9 Å². The fourth-order valence-corrected chi connectivity index (χ4v) is 7.03. The molecule has 4 aromatic rings. The van der Waals surface area contributed by atoms with Crippen molar-refractivity contribution >= 4 is 43.1 Å². The van der Waals surface area contributed by atoms with Crippen LogP contribution < -0.4 is 10.6 Å². The summed E-state index contributed by atoms with van der Waals surface area (Å²) < 4.78 is 41.3. The highest BCUT2D eigenvalue weighted by Crippen LogP contribution is 2.38. The van der Waals surface area contributed by atoms with Crippen LogP contribution in [0, 0.1) is 0 Å². The van der Waals surface area contributed by atoms with Crippen molar-refractivity contribution in [1.82, 2.24) is 19.3 Å². The number of anilines is 2. The SMILES string of the molecule is Nc1ccc(-c2nc(-c3ccc(N4CCOCC4)cc3S(=O)(=O)N3CCOCC3)c3sccc3n2)cn1. The van der Waals surface area contributed by atoms with E-state index in [1.165, 1.54) is 15.6 Å². The van der Waals surface area contributed by atoms with E-state index < -0.39 is 10.0 Å².